The maximum atomic E-state index is 11.9. The maximum Gasteiger partial charge on any atom is 0.315 e. The second-order valence-corrected chi connectivity index (χ2v) is 6.84. The van der Waals surface area contributed by atoms with Gasteiger partial charge in [-0.2, -0.15) is 0 Å². The van der Waals surface area contributed by atoms with Crippen LogP contribution in [0, 0.1) is 3.57 Å². The number of esters is 1. The van der Waals surface area contributed by atoms with Gasteiger partial charge >= 0.3 is 5.97 Å². The molecule has 0 aliphatic carbocycles. The topological polar surface area (TPSA) is 26.3 Å². The molecule has 5 heteroatoms. The van der Waals surface area contributed by atoms with Crippen LogP contribution in [0.4, 0.5) is 0 Å². The van der Waals surface area contributed by atoms with Crippen LogP contribution in [0.25, 0.3) is 0 Å². The van der Waals surface area contributed by atoms with Crippen molar-refractivity contribution in [2.75, 3.05) is 0 Å². The predicted octanol–water partition coefficient (Wildman–Crippen LogP) is 4.96. The second kappa shape index (κ2) is 6.85. The van der Waals surface area contributed by atoms with Crippen LogP contribution in [0.15, 0.2) is 51.4 Å². The fraction of sp³-hybridized carbons (Fsp3) is 0.0714. The summed E-state index contributed by atoms with van der Waals surface area (Å²) in [5.74, 6) is 0.276. The third kappa shape index (κ3) is 4.57. The van der Waals surface area contributed by atoms with E-state index >= 15 is 0 Å². The summed E-state index contributed by atoms with van der Waals surface area (Å²) in [4.78, 5) is 11.9. The molecule has 2 rings (SSSR count). The molecular formula is C14H9Br2IO2. The van der Waals surface area contributed by atoms with Gasteiger partial charge in [0.2, 0.25) is 0 Å². The highest BCUT2D eigenvalue weighted by atomic mass is 127. The Hall–Kier alpha value is -0.400. The van der Waals surface area contributed by atoms with Gasteiger partial charge < -0.3 is 4.74 Å². The summed E-state index contributed by atoms with van der Waals surface area (Å²) in [6.45, 7) is 0. The molecule has 19 heavy (non-hydrogen) atoms. The lowest BCUT2D eigenvalue weighted by molar-refractivity contribution is -0.133. The van der Waals surface area contributed by atoms with Gasteiger partial charge in [-0.15, -0.1) is 0 Å². The first-order valence-electron chi connectivity index (χ1n) is 5.45. The minimum atomic E-state index is -0.269. The molecule has 0 spiro atoms. The quantitative estimate of drug-likeness (QED) is 0.342. The number of carbonyl (C=O) groups is 1. The Labute approximate surface area is 141 Å². The smallest absolute Gasteiger partial charge is 0.315 e. The van der Waals surface area contributed by atoms with Gasteiger partial charge in [-0.05, 0) is 64.6 Å². The molecule has 0 aliphatic heterocycles. The molecule has 0 bridgehead atoms. The van der Waals surface area contributed by atoms with Gasteiger partial charge in [0.05, 0.1) is 6.42 Å². The zero-order valence-corrected chi connectivity index (χ0v) is 15.0. The molecule has 0 heterocycles. The normalized spacial score (nSPS) is 10.3. The Bertz CT molecular complexity index is 614. The van der Waals surface area contributed by atoms with Gasteiger partial charge in [0.1, 0.15) is 5.75 Å². The molecule has 0 aromatic heterocycles. The number of benzene rings is 2. The van der Waals surface area contributed by atoms with Crippen molar-refractivity contribution in [2.24, 2.45) is 0 Å². The summed E-state index contributed by atoms with van der Waals surface area (Å²) in [5.41, 5.74) is 0.954. The molecule has 0 saturated heterocycles. The zero-order valence-electron chi connectivity index (χ0n) is 9.70. The summed E-state index contributed by atoms with van der Waals surface area (Å²) < 4.78 is 8.20. The molecule has 2 aromatic rings. The molecule has 0 atom stereocenters. The lowest BCUT2D eigenvalue weighted by atomic mass is 10.1. The zero-order chi connectivity index (χ0) is 13.8. The van der Waals surface area contributed by atoms with Crippen molar-refractivity contribution in [3.05, 3.63) is 60.5 Å². The number of rotatable bonds is 3. The van der Waals surface area contributed by atoms with E-state index in [0.29, 0.717) is 5.75 Å². The van der Waals surface area contributed by atoms with Crippen LogP contribution in [0.3, 0.4) is 0 Å². The molecule has 0 radical (unpaired) electrons. The molecular weight excluding hydrogens is 487 g/mol. The maximum absolute atomic E-state index is 11.9. The fourth-order valence-electron chi connectivity index (χ4n) is 1.53. The number of halogens is 3. The predicted molar refractivity (Wildman–Crippen MR) is 90.3 cm³/mol. The van der Waals surface area contributed by atoms with E-state index in [0.717, 1.165) is 18.1 Å². The summed E-state index contributed by atoms with van der Waals surface area (Å²) in [6.07, 6.45) is 0.254. The van der Waals surface area contributed by atoms with E-state index in [2.05, 4.69) is 54.5 Å². The van der Waals surface area contributed by atoms with Gasteiger partial charge in [0, 0.05) is 12.5 Å². The average molecular weight is 496 g/mol. The van der Waals surface area contributed by atoms with E-state index in [9.17, 15) is 4.79 Å². The van der Waals surface area contributed by atoms with Crippen LogP contribution >= 0.6 is 54.5 Å². The van der Waals surface area contributed by atoms with E-state index in [1.807, 2.05) is 30.3 Å². The van der Waals surface area contributed by atoms with Crippen molar-refractivity contribution in [1.29, 1.82) is 0 Å². The van der Waals surface area contributed by atoms with Crippen molar-refractivity contribution in [1.82, 2.24) is 0 Å². The summed E-state index contributed by atoms with van der Waals surface area (Å²) in [7, 11) is 0. The SMILES string of the molecule is O=C(Cc1cc(Br)ccc1I)Oc1cccc(Br)c1. The van der Waals surface area contributed by atoms with E-state index in [1.165, 1.54) is 0 Å². The van der Waals surface area contributed by atoms with Crippen molar-refractivity contribution < 1.29 is 9.53 Å². The molecule has 0 fully saturated rings. The Morgan fingerprint density at radius 3 is 2.58 bits per heavy atom. The molecule has 98 valence electrons. The van der Waals surface area contributed by atoms with Crippen LogP contribution in [-0.2, 0) is 11.2 Å². The van der Waals surface area contributed by atoms with E-state index in [4.69, 9.17) is 4.74 Å². The molecule has 0 aliphatic rings. The number of hydrogen-bond donors (Lipinski definition) is 0. The van der Waals surface area contributed by atoms with Gasteiger partial charge in [-0.3, -0.25) is 4.79 Å². The molecule has 0 unspecified atom stereocenters. The van der Waals surface area contributed by atoms with E-state index in [1.54, 1.807) is 12.1 Å². The summed E-state index contributed by atoms with van der Waals surface area (Å²) >= 11 is 8.95. The summed E-state index contributed by atoms with van der Waals surface area (Å²) in [6, 6.07) is 13.1. The third-order valence-electron chi connectivity index (χ3n) is 2.37. The number of ether oxygens (including phenoxy) is 1. The summed E-state index contributed by atoms with van der Waals surface area (Å²) in [5, 5.41) is 0. The Morgan fingerprint density at radius 2 is 1.84 bits per heavy atom. The first kappa shape index (κ1) is 15.0. The molecule has 0 saturated carbocycles. The van der Waals surface area contributed by atoms with Gasteiger partial charge in [-0.25, -0.2) is 0 Å². The van der Waals surface area contributed by atoms with E-state index < -0.39 is 0 Å². The fourth-order valence-corrected chi connectivity index (χ4v) is 2.85. The Balaban J connectivity index is 2.07. The lowest BCUT2D eigenvalue weighted by Gasteiger charge is -2.06. The van der Waals surface area contributed by atoms with Crippen LogP contribution in [0.2, 0.25) is 0 Å². The first-order valence-corrected chi connectivity index (χ1v) is 8.11. The highest BCUT2D eigenvalue weighted by molar-refractivity contribution is 14.1. The second-order valence-electron chi connectivity index (χ2n) is 3.84. The first-order chi connectivity index (χ1) is 9.04. The monoisotopic (exact) mass is 494 g/mol. The minimum absolute atomic E-state index is 0.254. The van der Waals surface area contributed by atoms with Gasteiger partial charge in [-0.1, -0.05) is 37.9 Å². The Kier molecular flexibility index (Phi) is 5.41. The number of hydrogen-bond acceptors (Lipinski definition) is 2. The van der Waals surface area contributed by atoms with Crippen LogP contribution in [-0.4, -0.2) is 5.97 Å². The van der Waals surface area contributed by atoms with Crippen molar-refractivity contribution >= 4 is 60.4 Å². The van der Waals surface area contributed by atoms with Crippen LogP contribution < -0.4 is 4.74 Å². The van der Waals surface area contributed by atoms with Crippen molar-refractivity contribution in [2.45, 2.75) is 6.42 Å². The Morgan fingerprint density at radius 1 is 1.11 bits per heavy atom. The van der Waals surface area contributed by atoms with Crippen molar-refractivity contribution in [3.63, 3.8) is 0 Å². The van der Waals surface area contributed by atoms with Crippen molar-refractivity contribution in [3.8, 4) is 5.75 Å². The molecule has 2 nitrogen and oxygen atoms in total. The lowest BCUT2D eigenvalue weighted by Crippen LogP contribution is -2.12. The highest BCUT2D eigenvalue weighted by Crippen LogP contribution is 2.21. The van der Waals surface area contributed by atoms with Crippen LogP contribution in [0.1, 0.15) is 5.56 Å². The van der Waals surface area contributed by atoms with Gasteiger partial charge in [0.15, 0.2) is 0 Å². The largest absolute Gasteiger partial charge is 0.426 e. The molecule has 0 amide bonds. The molecule has 0 N–H and O–H groups in total. The minimum Gasteiger partial charge on any atom is -0.426 e. The van der Waals surface area contributed by atoms with Crippen LogP contribution in [0.5, 0.6) is 5.75 Å². The standard InChI is InChI=1S/C14H9Br2IO2/c15-10-2-1-3-12(8-10)19-14(18)7-9-6-11(16)4-5-13(9)17/h1-6,8H,7H2. The van der Waals surface area contributed by atoms with Gasteiger partial charge in [0.25, 0.3) is 0 Å². The third-order valence-corrected chi connectivity index (χ3v) is 4.41. The highest BCUT2D eigenvalue weighted by Gasteiger charge is 2.10. The number of carbonyl (C=O) groups excluding carboxylic acids is 1. The molecule has 2 aromatic carbocycles. The van der Waals surface area contributed by atoms with E-state index in [-0.39, 0.29) is 12.4 Å². The average Bonchev–Trinajstić information content (AvgIpc) is 2.34.